The van der Waals surface area contributed by atoms with E-state index in [1.54, 1.807) is 0 Å². The molecule has 0 saturated heterocycles. The maximum atomic E-state index is 5.90. The molecule has 2 heterocycles. The summed E-state index contributed by atoms with van der Waals surface area (Å²) in [6.07, 6.45) is 3.74. The first-order valence-electron chi connectivity index (χ1n) is 5.62. The Balaban J connectivity index is 2.03. The molecule has 0 fully saturated rings. The van der Waals surface area contributed by atoms with Crippen LogP contribution in [0, 0.1) is 0 Å². The van der Waals surface area contributed by atoms with Gasteiger partial charge in [0, 0.05) is 0 Å². The fourth-order valence-corrected chi connectivity index (χ4v) is 1.32. The van der Waals surface area contributed by atoms with Crippen molar-refractivity contribution < 1.29 is 4.74 Å². The molecule has 8 heteroatoms. The number of ether oxygens (including phenoxy) is 1. The van der Waals surface area contributed by atoms with Gasteiger partial charge in [0.15, 0.2) is 5.82 Å². The number of nitrogens with zero attached hydrogens (tertiary/aromatic N) is 4. The van der Waals surface area contributed by atoms with Crippen LogP contribution in [0.4, 0.5) is 11.5 Å². The smallest absolute Gasteiger partial charge is 0.242 e. The highest BCUT2D eigenvalue weighted by atomic mass is 16.5. The van der Waals surface area contributed by atoms with Crippen LogP contribution in [0.25, 0.3) is 0 Å². The van der Waals surface area contributed by atoms with Gasteiger partial charge in [-0.25, -0.2) is 9.97 Å². The van der Waals surface area contributed by atoms with Crippen LogP contribution in [0.3, 0.4) is 0 Å². The summed E-state index contributed by atoms with van der Waals surface area (Å²) < 4.78 is 5.41. The first-order chi connectivity index (χ1) is 8.81. The Hall–Kier alpha value is -2.38. The molecule has 0 bridgehead atoms. The molecule has 0 atom stereocenters. The van der Waals surface area contributed by atoms with Gasteiger partial charge >= 0.3 is 0 Å². The molecule has 0 saturated carbocycles. The molecule has 0 aromatic carbocycles. The Morgan fingerprint density at radius 2 is 2.22 bits per heavy atom. The van der Waals surface area contributed by atoms with E-state index in [-0.39, 0.29) is 0 Å². The van der Waals surface area contributed by atoms with Crippen LogP contribution in [-0.4, -0.2) is 31.8 Å². The van der Waals surface area contributed by atoms with Gasteiger partial charge in [-0.3, -0.25) is 5.10 Å². The third-order valence-electron chi connectivity index (χ3n) is 2.18. The Morgan fingerprint density at radius 1 is 1.33 bits per heavy atom. The topological polar surface area (TPSA) is 115 Å². The van der Waals surface area contributed by atoms with Crippen LogP contribution >= 0.6 is 0 Å². The predicted molar refractivity (Wildman–Crippen MR) is 65.9 cm³/mol. The molecular weight excluding hydrogens is 234 g/mol. The molecule has 2 aromatic heterocycles. The van der Waals surface area contributed by atoms with E-state index in [2.05, 4.69) is 30.5 Å². The highest BCUT2D eigenvalue weighted by Gasteiger charge is 2.09. The number of nitrogens with two attached hydrogens (primary N) is 1. The number of nitrogen functional groups attached to an aromatic ring is 1. The van der Waals surface area contributed by atoms with Crippen molar-refractivity contribution in [1.82, 2.24) is 25.1 Å². The number of rotatable bonds is 6. The number of hydrogen-bond acceptors (Lipinski definition) is 7. The number of anilines is 2. The lowest BCUT2D eigenvalue weighted by molar-refractivity contribution is 0.306. The van der Waals surface area contributed by atoms with E-state index in [0.717, 1.165) is 6.42 Å². The summed E-state index contributed by atoms with van der Waals surface area (Å²) in [6.45, 7) is 3.04. The zero-order chi connectivity index (χ0) is 12.8. The van der Waals surface area contributed by atoms with E-state index in [0.29, 0.717) is 36.4 Å². The van der Waals surface area contributed by atoms with Gasteiger partial charge in [0.2, 0.25) is 5.88 Å². The Labute approximate surface area is 104 Å². The van der Waals surface area contributed by atoms with E-state index >= 15 is 0 Å². The van der Waals surface area contributed by atoms with Crippen LogP contribution in [-0.2, 0) is 6.54 Å². The van der Waals surface area contributed by atoms with Crippen molar-refractivity contribution in [1.29, 1.82) is 0 Å². The van der Waals surface area contributed by atoms with Gasteiger partial charge in [-0.2, -0.15) is 10.1 Å². The van der Waals surface area contributed by atoms with Crippen molar-refractivity contribution in [2.75, 3.05) is 17.7 Å². The predicted octanol–water partition coefficient (Wildman–Crippen LogP) is 0.578. The molecule has 0 amide bonds. The van der Waals surface area contributed by atoms with Crippen molar-refractivity contribution in [3.8, 4) is 5.88 Å². The summed E-state index contributed by atoms with van der Waals surface area (Å²) in [4.78, 5) is 12.0. The number of aromatic nitrogens is 5. The van der Waals surface area contributed by atoms with Crippen molar-refractivity contribution >= 4 is 11.5 Å². The lowest BCUT2D eigenvalue weighted by atomic mass is 10.4. The zero-order valence-electron chi connectivity index (χ0n) is 10.1. The Bertz CT molecular complexity index is 485. The van der Waals surface area contributed by atoms with Crippen molar-refractivity contribution in [3.05, 3.63) is 18.5 Å². The minimum absolute atomic E-state index is 0.394. The van der Waals surface area contributed by atoms with Gasteiger partial charge in [-0.05, 0) is 6.42 Å². The molecule has 0 aliphatic heterocycles. The Morgan fingerprint density at radius 3 is 2.94 bits per heavy atom. The summed E-state index contributed by atoms with van der Waals surface area (Å²) in [5, 5.41) is 9.53. The van der Waals surface area contributed by atoms with Gasteiger partial charge < -0.3 is 15.8 Å². The maximum absolute atomic E-state index is 5.90. The molecular formula is C10H15N7O. The first kappa shape index (κ1) is 12.1. The molecule has 96 valence electrons. The van der Waals surface area contributed by atoms with Crippen molar-refractivity contribution in [2.45, 2.75) is 19.9 Å². The van der Waals surface area contributed by atoms with E-state index in [4.69, 9.17) is 10.5 Å². The van der Waals surface area contributed by atoms with Crippen LogP contribution in [0.2, 0.25) is 0 Å². The third-order valence-corrected chi connectivity index (χ3v) is 2.18. The largest absolute Gasteiger partial charge is 0.476 e. The molecule has 0 aliphatic rings. The summed E-state index contributed by atoms with van der Waals surface area (Å²) in [5.41, 5.74) is 6.30. The summed E-state index contributed by atoms with van der Waals surface area (Å²) in [5.74, 6) is 1.61. The molecule has 0 aliphatic carbocycles. The number of hydrogen-bond donors (Lipinski definition) is 3. The summed E-state index contributed by atoms with van der Waals surface area (Å²) >= 11 is 0. The molecule has 2 rings (SSSR count). The first-order valence-corrected chi connectivity index (χ1v) is 5.62. The quantitative estimate of drug-likeness (QED) is 0.685. The maximum Gasteiger partial charge on any atom is 0.242 e. The van der Waals surface area contributed by atoms with Gasteiger partial charge in [0.25, 0.3) is 0 Å². The van der Waals surface area contributed by atoms with Crippen molar-refractivity contribution in [3.63, 3.8) is 0 Å². The van der Waals surface area contributed by atoms with E-state index < -0.39 is 0 Å². The van der Waals surface area contributed by atoms with Crippen LogP contribution < -0.4 is 15.8 Å². The molecule has 18 heavy (non-hydrogen) atoms. The van der Waals surface area contributed by atoms with Crippen LogP contribution in [0.5, 0.6) is 5.88 Å². The zero-order valence-corrected chi connectivity index (χ0v) is 10.1. The highest BCUT2D eigenvalue weighted by Crippen LogP contribution is 2.24. The Kier molecular flexibility index (Phi) is 3.90. The molecule has 0 spiro atoms. The lowest BCUT2D eigenvalue weighted by Crippen LogP contribution is -2.09. The SMILES string of the molecule is CCCOc1ncnc(NCc2ncn[nH]2)c1N. The van der Waals surface area contributed by atoms with Crippen molar-refractivity contribution in [2.24, 2.45) is 0 Å². The third kappa shape index (κ3) is 2.84. The monoisotopic (exact) mass is 249 g/mol. The second kappa shape index (κ2) is 5.80. The minimum atomic E-state index is 0.394. The fraction of sp³-hybridized carbons (Fsp3) is 0.400. The van der Waals surface area contributed by atoms with E-state index in [1.165, 1.54) is 12.7 Å². The number of aromatic amines is 1. The normalized spacial score (nSPS) is 10.3. The van der Waals surface area contributed by atoms with Crippen LogP contribution in [0.1, 0.15) is 19.2 Å². The average Bonchev–Trinajstić information content (AvgIpc) is 2.89. The summed E-state index contributed by atoms with van der Waals surface area (Å²) in [7, 11) is 0. The number of H-pyrrole nitrogens is 1. The fourth-order valence-electron chi connectivity index (χ4n) is 1.32. The average molecular weight is 249 g/mol. The van der Waals surface area contributed by atoms with Gasteiger partial charge in [-0.15, -0.1) is 0 Å². The molecule has 0 radical (unpaired) electrons. The summed E-state index contributed by atoms with van der Waals surface area (Å²) in [6, 6.07) is 0. The standard InChI is InChI=1S/C10H15N7O/c1-2-3-18-10-8(11)9(14-5-15-10)12-4-7-13-6-16-17-7/h5-6H,2-4,11H2,1H3,(H,12,14,15)(H,13,16,17). The highest BCUT2D eigenvalue weighted by molar-refractivity contribution is 5.66. The second-order valence-corrected chi connectivity index (χ2v) is 3.58. The second-order valence-electron chi connectivity index (χ2n) is 3.58. The lowest BCUT2D eigenvalue weighted by Gasteiger charge is -2.10. The van der Waals surface area contributed by atoms with Gasteiger partial charge in [-0.1, -0.05) is 6.92 Å². The van der Waals surface area contributed by atoms with E-state index in [9.17, 15) is 0 Å². The van der Waals surface area contributed by atoms with E-state index in [1.807, 2.05) is 6.92 Å². The van der Waals surface area contributed by atoms with Gasteiger partial charge in [0.1, 0.15) is 24.2 Å². The molecule has 0 unspecified atom stereocenters. The molecule has 4 N–H and O–H groups in total. The molecule has 8 nitrogen and oxygen atoms in total. The van der Waals surface area contributed by atoms with Gasteiger partial charge in [0.05, 0.1) is 13.2 Å². The number of nitrogens with one attached hydrogen (secondary N) is 2. The molecule has 2 aromatic rings. The minimum Gasteiger partial charge on any atom is -0.476 e. The van der Waals surface area contributed by atoms with Crippen LogP contribution in [0.15, 0.2) is 12.7 Å².